The summed E-state index contributed by atoms with van der Waals surface area (Å²) < 4.78 is 28.4. The zero-order valence-electron chi connectivity index (χ0n) is 10.7. The fourth-order valence-electron chi connectivity index (χ4n) is 2.09. The van der Waals surface area contributed by atoms with Crippen LogP contribution in [0.1, 0.15) is 24.0 Å². The lowest BCUT2D eigenvalue weighted by Crippen LogP contribution is -2.33. The molecule has 2 rings (SSSR count). The van der Waals surface area contributed by atoms with E-state index in [9.17, 15) is 8.42 Å². The molecule has 1 fully saturated rings. The Hall–Kier alpha value is -1.27. The van der Waals surface area contributed by atoms with E-state index in [1.807, 2.05) is 19.9 Å². The Bertz CT molecular complexity index is 549. The number of rotatable bonds is 3. The monoisotopic (exact) mass is 269 g/mol. The molecule has 0 radical (unpaired) electrons. The van der Waals surface area contributed by atoms with Crippen LogP contribution in [0.2, 0.25) is 0 Å². The molecule has 0 spiro atoms. The number of hydrogen-bond acceptors (Lipinski definition) is 3. The van der Waals surface area contributed by atoms with Crippen molar-refractivity contribution in [3.8, 4) is 0 Å². The molecule has 1 aromatic rings. The number of nitrogens with one attached hydrogen (secondary N) is 1. The van der Waals surface area contributed by atoms with Gasteiger partial charge in [0.25, 0.3) is 0 Å². The summed E-state index contributed by atoms with van der Waals surface area (Å²) in [4.78, 5) is 0. The molecule has 0 unspecified atom stereocenters. The van der Waals surface area contributed by atoms with Crippen molar-refractivity contribution < 1.29 is 8.42 Å². The first-order chi connectivity index (χ1) is 8.42. The van der Waals surface area contributed by atoms with Crippen LogP contribution in [0, 0.1) is 13.8 Å². The third-order valence-corrected chi connectivity index (χ3v) is 4.91. The van der Waals surface area contributed by atoms with Crippen LogP contribution < -0.4 is 10.5 Å². The van der Waals surface area contributed by atoms with Gasteiger partial charge in [-0.2, -0.15) is 12.7 Å². The lowest BCUT2D eigenvalue weighted by atomic mass is 10.1. The molecule has 6 heteroatoms. The van der Waals surface area contributed by atoms with E-state index in [2.05, 4.69) is 4.72 Å². The summed E-state index contributed by atoms with van der Waals surface area (Å²) in [6, 6.07) is 3.61. The predicted molar refractivity (Wildman–Crippen MR) is 73.7 cm³/mol. The van der Waals surface area contributed by atoms with Crippen LogP contribution in [0.4, 0.5) is 11.4 Å². The molecule has 1 heterocycles. The van der Waals surface area contributed by atoms with Gasteiger partial charge >= 0.3 is 10.2 Å². The molecule has 0 atom stereocenters. The third-order valence-electron chi connectivity index (χ3n) is 3.40. The third kappa shape index (κ3) is 2.44. The van der Waals surface area contributed by atoms with Gasteiger partial charge in [-0.25, -0.2) is 0 Å². The van der Waals surface area contributed by atoms with E-state index in [0.717, 1.165) is 24.0 Å². The van der Waals surface area contributed by atoms with Gasteiger partial charge in [-0.1, -0.05) is 6.07 Å². The van der Waals surface area contributed by atoms with E-state index in [0.29, 0.717) is 24.5 Å². The fraction of sp³-hybridized carbons (Fsp3) is 0.500. The lowest BCUT2D eigenvalue weighted by Gasteiger charge is -2.19. The van der Waals surface area contributed by atoms with Crippen LogP contribution in [0.15, 0.2) is 12.1 Å². The van der Waals surface area contributed by atoms with Crippen molar-refractivity contribution in [1.82, 2.24) is 4.31 Å². The highest BCUT2D eigenvalue weighted by atomic mass is 32.2. The molecule has 0 aromatic heterocycles. The largest absolute Gasteiger partial charge is 0.397 e. The van der Waals surface area contributed by atoms with Crippen LogP contribution in [0.5, 0.6) is 0 Å². The molecular formula is C12H19N3O2S. The summed E-state index contributed by atoms with van der Waals surface area (Å²) in [5, 5.41) is 0. The number of anilines is 2. The summed E-state index contributed by atoms with van der Waals surface area (Å²) in [7, 11) is -3.47. The quantitative estimate of drug-likeness (QED) is 0.819. The molecule has 18 heavy (non-hydrogen) atoms. The van der Waals surface area contributed by atoms with E-state index in [-0.39, 0.29) is 0 Å². The van der Waals surface area contributed by atoms with Crippen LogP contribution >= 0.6 is 0 Å². The maximum absolute atomic E-state index is 12.2. The molecule has 0 aliphatic carbocycles. The van der Waals surface area contributed by atoms with Crippen LogP contribution in [-0.2, 0) is 10.2 Å². The Kier molecular flexibility index (Phi) is 3.49. The van der Waals surface area contributed by atoms with E-state index in [1.165, 1.54) is 4.31 Å². The van der Waals surface area contributed by atoms with E-state index >= 15 is 0 Å². The summed E-state index contributed by atoms with van der Waals surface area (Å²) in [6.45, 7) is 4.97. The van der Waals surface area contributed by atoms with Gasteiger partial charge in [0.2, 0.25) is 0 Å². The lowest BCUT2D eigenvalue weighted by molar-refractivity contribution is 0.482. The number of nitrogens with zero attached hydrogens (tertiary/aromatic N) is 1. The molecular weight excluding hydrogens is 250 g/mol. The van der Waals surface area contributed by atoms with Crippen LogP contribution in [0.25, 0.3) is 0 Å². The average Bonchev–Trinajstić information content (AvgIpc) is 2.84. The van der Waals surface area contributed by atoms with Gasteiger partial charge < -0.3 is 5.73 Å². The minimum absolute atomic E-state index is 0.459. The molecule has 0 amide bonds. The fourth-order valence-corrected chi connectivity index (χ4v) is 3.49. The van der Waals surface area contributed by atoms with Crippen LogP contribution in [0.3, 0.4) is 0 Å². The zero-order valence-corrected chi connectivity index (χ0v) is 11.5. The van der Waals surface area contributed by atoms with Gasteiger partial charge in [-0.05, 0) is 43.9 Å². The van der Waals surface area contributed by atoms with Crippen molar-refractivity contribution >= 4 is 21.6 Å². The molecule has 5 nitrogen and oxygen atoms in total. The highest BCUT2D eigenvalue weighted by molar-refractivity contribution is 7.90. The van der Waals surface area contributed by atoms with Gasteiger partial charge in [-0.15, -0.1) is 0 Å². The van der Waals surface area contributed by atoms with E-state index in [1.54, 1.807) is 6.07 Å². The Morgan fingerprint density at radius 1 is 1.22 bits per heavy atom. The Labute approximate surface area is 108 Å². The molecule has 3 N–H and O–H groups in total. The van der Waals surface area contributed by atoms with E-state index in [4.69, 9.17) is 5.73 Å². The SMILES string of the molecule is Cc1ccc(N)c(NS(=O)(=O)N2CCCC2)c1C. The molecule has 1 saturated heterocycles. The molecule has 0 bridgehead atoms. The average molecular weight is 269 g/mol. The molecule has 0 saturated carbocycles. The summed E-state index contributed by atoms with van der Waals surface area (Å²) in [5.41, 5.74) is 8.70. The first-order valence-corrected chi connectivity index (χ1v) is 7.49. The second kappa shape index (κ2) is 4.78. The zero-order chi connectivity index (χ0) is 13.3. The number of hydrogen-bond donors (Lipinski definition) is 2. The predicted octanol–water partition coefficient (Wildman–Crippen LogP) is 1.64. The van der Waals surface area contributed by atoms with Gasteiger partial charge in [0.1, 0.15) is 0 Å². The summed E-state index contributed by atoms with van der Waals surface area (Å²) >= 11 is 0. The first-order valence-electron chi connectivity index (χ1n) is 6.05. The Morgan fingerprint density at radius 2 is 1.83 bits per heavy atom. The van der Waals surface area contributed by atoms with Crippen molar-refractivity contribution in [2.45, 2.75) is 26.7 Å². The molecule has 100 valence electrons. The van der Waals surface area contributed by atoms with Crippen LogP contribution in [-0.4, -0.2) is 25.8 Å². The standard InChI is InChI=1S/C12H19N3O2S/c1-9-5-6-11(13)12(10(9)2)14-18(16,17)15-7-3-4-8-15/h5-6,14H,3-4,7-8,13H2,1-2H3. The highest BCUT2D eigenvalue weighted by Crippen LogP contribution is 2.28. The minimum atomic E-state index is -3.47. The van der Waals surface area contributed by atoms with Crippen molar-refractivity contribution in [1.29, 1.82) is 0 Å². The first kappa shape index (κ1) is 13.2. The van der Waals surface area contributed by atoms with Crippen molar-refractivity contribution in [2.24, 2.45) is 0 Å². The molecule has 1 aliphatic rings. The highest BCUT2D eigenvalue weighted by Gasteiger charge is 2.26. The topological polar surface area (TPSA) is 75.4 Å². The number of benzene rings is 1. The van der Waals surface area contributed by atoms with Crippen molar-refractivity contribution in [3.05, 3.63) is 23.3 Å². The van der Waals surface area contributed by atoms with Crippen molar-refractivity contribution in [2.75, 3.05) is 23.5 Å². The van der Waals surface area contributed by atoms with Gasteiger partial charge in [0.05, 0.1) is 11.4 Å². The van der Waals surface area contributed by atoms with Gasteiger partial charge in [0.15, 0.2) is 0 Å². The molecule has 1 aromatic carbocycles. The van der Waals surface area contributed by atoms with Gasteiger partial charge in [0, 0.05) is 13.1 Å². The number of aryl methyl sites for hydroxylation is 1. The number of nitrogen functional groups attached to an aromatic ring is 1. The maximum atomic E-state index is 12.2. The van der Waals surface area contributed by atoms with Crippen molar-refractivity contribution in [3.63, 3.8) is 0 Å². The van der Waals surface area contributed by atoms with Gasteiger partial charge in [-0.3, -0.25) is 4.72 Å². The Balaban J connectivity index is 2.31. The normalized spacial score (nSPS) is 17.0. The minimum Gasteiger partial charge on any atom is -0.397 e. The molecule has 1 aliphatic heterocycles. The number of nitrogens with two attached hydrogens (primary N) is 1. The second-order valence-corrected chi connectivity index (χ2v) is 6.36. The maximum Gasteiger partial charge on any atom is 0.301 e. The van der Waals surface area contributed by atoms with E-state index < -0.39 is 10.2 Å². The smallest absolute Gasteiger partial charge is 0.301 e. The Morgan fingerprint density at radius 3 is 2.44 bits per heavy atom. The summed E-state index contributed by atoms with van der Waals surface area (Å²) in [6.07, 6.45) is 1.84. The second-order valence-electron chi connectivity index (χ2n) is 4.68. The summed E-state index contributed by atoms with van der Waals surface area (Å²) in [5.74, 6) is 0.